The monoisotopic (exact) mass is 468 g/mol. The van der Waals surface area contributed by atoms with Crippen molar-refractivity contribution in [3.8, 4) is 0 Å². The molecule has 2 aliphatic rings. The van der Waals surface area contributed by atoms with E-state index in [0.717, 1.165) is 27.9 Å². The number of benzene rings is 2. The van der Waals surface area contributed by atoms with Crippen LogP contribution in [0, 0.1) is 5.82 Å². The number of piperidine rings is 1. The third kappa shape index (κ3) is 3.54. The maximum absolute atomic E-state index is 13.1. The normalized spacial score (nSPS) is 18.6. The molecule has 2 aromatic rings. The second-order valence-corrected chi connectivity index (χ2v) is 9.64. The van der Waals surface area contributed by atoms with E-state index in [0.29, 0.717) is 12.8 Å². The van der Waals surface area contributed by atoms with Gasteiger partial charge in [0, 0.05) is 29.2 Å². The number of sulfonamides is 1. The standard InChI is InChI=1S/C19H18BrFN2O4S/c20-14-1-6-18-13(11-14)12-27-19(24)23(18)16-7-9-22(10-8-16)28(25,26)17-4-2-15(21)3-5-17/h1-6,11,16H,7-10,12H2. The lowest BCUT2D eigenvalue weighted by Crippen LogP contribution is -2.50. The maximum Gasteiger partial charge on any atom is 0.414 e. The number of anilines is 1. The van der Waals surface area contributed by atoms with Crippen LogP contribution in [0.15, 0.2) is 51.8 Å². The smallest absolute Gasteiger partial charge is 0.414 e. The summed E-state index contributed by atoms with van der Waals surface area (Å²) in [6.45, 7) is 0.780. The summed E-state index contributed by atoms with van der Waals surface area (Å²) in [7, 11) is -3.69. The first kappa shape index (κ1) is 19.4. The number of hydrogen-bond donors (Lipinski definition) is 0. The van der Waals surface area contributed by atoms with Gasteiger partial charge in [-0.15, -0.1) is 0 Å². The Morgan fingerprint density at radius 1 is 1.07 bits per heavy atom. The van der Waals surface area contributed by atoms with Crippen LogP contribution in [0.25, 0.3) is 0 Å². The zero-order valence-electron chi connectivity index (χ0n) is 14.8. The zero-order valence-corrected chi connectivity index (χ0v) is 17.2. The Hall–Kier alpha value is -1.97. The Bertz CT molecular complexity index is 1010. The van der Waals surface area contributed by atoms with Crippen molar-refractivity contribution in [3.63, 3.8) is 0 Å². The zero-order chi connectivity index (χ0) is 19.9. The van der Waals surface area contributed by atoms with E-state index < -0.39 is 21.9 Å². The van der Waals surface area contributed by atoms with Crippen molar-refractivity contribution in [1.82, 2.24) is 4.31 Å². The number of carbonyl (C=O) groups excluding carboxylic acids is 1. The fourth-order valence-corrected chi connectivity index (χ4v) is 5.53. The first-order chi connectivity index (χ1) is 13.4. The summed E-state index contributed by atoms with van der Waals surface area (Å²) >= 11 is 3.42. The topological polar surface area (TPSA) is 66.9 Å². The van der Waals surface area contributed by atoms with Crippen LogP contribution in [-0.2, 0) is 21.4 Å². The highest BCUT2D eigenvalue weighted by Crippen LogP contribution is 2.34. The third-order valence-corrected chi connectivity index (χ3v) is 7.50. The molecule has 2 aliphatic heterocycles. The van der Waals surface area contributed by atoms with Crippen molar-refractivity contribution in [2.24, 2.45) is 0 Å². The summed E-state index contributed by atoms with van der Waals surface area (Å²) in [5.74, 6) is -0.480. The highest BCUT2D eigenvalue weighted by Gasteiger charge is 2.37. The van der Waals surface area contributed by atoms with Crippen LogP contribution in [0.1, 0.15) is 18.4 Å². The van der Waals surface area contributed by atoms with Crippen molar-refractivity contribution >= 4 is 37.7 Å². The van der Waals surface area contributed by atoms with Crippen LogP contribution in [-0.4, -0.2) is 37.9 Å². The first-order valence-corrected chi connectivity index (χ1v) is 11.1. The van der Waals surface area contributed by atoms with E-state index in [2.05, 4.69) is 15.9 Å². The van der Waals surface area contributed by atoms with Crippen LogP contribution in [0.3, 0.4) is 0 Å². The van der Waals surface area contributed by atoms with E-state index in [1.807, 2.05) is 18.2 Å². The van der Waals surface area contributed by atoms with Crippen molar-refractivity contribution < 1.29 is 22.3 Å². The summed E-state index contributed by atoms with van der Waals surface area (Å²) in [4.78, 5) is 14.1. The number of halogens is 2. The lowest BCUT2D eigenvalue weighted by atomic mass is 10.0. The van der Waals surface area contributed by atoms with Gasteiger partial charge in [0.2, 0.25) is 10.0 Å². The predicted molar refractivity (Wildman–Crippen MR) is 105 cm³/mol. The fraction of sp³-hybridized carbons (Fsp3) is 0.316. The van der Waals surface area contributed by atoms with E-state index in [1.54, 1.807) is 4.90 Å². The molecule has 4 rings (SSSR count). The van der Waals surface area contributed by atoms with Gasteiger partial charge in [-0.3, -0.25) is 4.90 Å². The van der Waals surface area contributed by atoms with Gasteiger partial charge in [-0.2, -0.15) is 4.31 Å². The van der Waals surface area contributed by atoms with Crippen LogP contribution in [0.5, 0.6) is 0 Å². The number of ether oxygens (including phenoxy) is 1. The molecule has 0 unspecified atom stereocenters. The van der Waals surface area contributed by atoms with E-state index in [9.17, 15) is 17.6 Å². The molecule has 1 saturated heterocycles. The van der Waals surface area contributed by atoms with E-state index in [4.69, 9.17) is 4.74 Å². The van der Waals surface area contributed by atoms with Crippen LogP contribution < -0.4 is 4.90 Å². The van der Waals surface area contributed by atoms with E-state index in [-0.39, 0.29) is 30.6 Å². The number of carbonyl (C=O) groups is 1. The number of nitrogens with zero attached hydrogens (tertiary/aromatic N) is 2. The van der Waals surface area contributed by atoms with Gasteiger partial charge >= 0.3 is 6.09 Å². The molecule has 0 aromatic heterocycles. The van der Waals surface area contributed by atoms with Crippen LogP contribution in [0.2, 0.25) is 0 Å². The molecule has 1 fully saturated rings. The predicted octanol–water partition coefficient (Wildman–Crippen LogP) is 3.90. The minimum Gasteiger partial charge on any atom is -0.444 e. The van der Waals surface area contributed by atoms with Gasteiger partial charge in [-0.25, -0.2) is 17.6 Å². The second kappa shape index (κ2) is 7.46. The maximum atomic E-state index is 13.1. The molecule has 0 bridgehead atoms. The molecule has 148 valence electrons. The Morgan fingerprint density at radius 3 is 2.43 bits per heavy atom. The van der Waals surface area contributed by atoms with Crippen LogP contribution in [0.4, 0.5) is 14.9 Å². The average Bonchev–Trinajstić information content (AvgIpc) is 2.68. The number of hydrogen-bond acceptors (Lipinski definition) is 4. The second-order valence-electron chi connectivity index (χ2n) is 6.79. The number of fused-ring (bicyclic) bond motifs is 1. The summed E-state index contributed by atoms with van der Waals surface area (Å²) in [6, 6.07) is 10.3. The number of cyclic esters (lactones) is 1. The largest absolute Gasteiger partial charge is 0.444 e. The van der Waals surface area contributed by atoms with Crippen molar-refractivity contribution in [2.75, 3.05) is 18.0 Å². The molecule has 2 aromatic carbocycles. The minimum atomic E-state index is -3.69. The quantitative estimate of drug-likeness (QED) is 0.684. The summed E-state index contributed by atoms with van der Waals surface area (Å²) in [6.07, 6.45) is 0.574. The Labute approximate surface area is 171 Å². The van der Waals surface area contributed by atoms with Gasteiger partial charge in [0.1, 0.15) is 12.4 Å². The fourth-order valence-electron chi connectivity index (χ4n) is 3.65. The highest BCUT2D eigenvalue weighted by atomic mass is 79.9. The minimum absolute atomic E-state index is 0.0694. The molecule has 0 radical (unpaired) electrons. The lowest BCUT2D eigenvalue weighted by molar-refractivity contribution is 0.135. The Balaban J connectivity index is 1.52. The SMILES string of the molecule is O=C1OCc2cc(Br)ccc2N1C1CCN(S(=O)(=O)c2ccc(F)cc2)CC1. The molecule has 0 N–H and O–H groups in total. The Kier molecular flexibility index (Phi) is 5.15. The highest BCUT2D eigenvalue weighted by molar-refractivity contribution is 9.10. The molecular formula is C19H18BrFN2O4S. The summed E-state index contributed by atoms with van der Waals surface area (Å²) in [5, 5.41) is 0. The molecule has 1 amide bonds. The molecule has 2 heterocycles. The first-order valence-electron chi connectivity index (χ1n) is 8.86. The van der Waals surface area contributed by atoms with Gasteiger partial charge in [0.15, 0.2) is 0 Å². The van der Waals surface area contributed by atoms with Gasteiger partial charge in [0.05, 0.1) is 10.6 Å². The van der Waals surface area contributed by atoms with Crippen molar-refractivity contribution in [1.29, 1.82) is 0 Å². The number of rotatable bonds is 3. The Morgan fingerprint density at radius 2 is 1.75 bits per heavy atom. The van der Waals surface area contributed by atoms with Gasteiger partial charge in [-0.1, -0.05) is 15.9 Å². The molecule has 9 heteroatoms. The summed E-state index contributed by atoms with van der Waals surface area (Å²) < 4.78 is 46.2. The van der Waals surface area contributed by atoms with Crippen molar-refractivity contribution in [2.45, 2.75) is 30.4 Å². The molecule has 0 saturated carbocycles. The van der Waals surface area contributed by atoms with Crippen molar-refractivity contribution in [3.05, 3.63) is 58.3 Å². The molecule has 0 spiro atoms. The van der Waals surface area contributed by atoms with E-state index in [1.165, 1.54) is 16.4 Å². The molecule has 28 heavy (non-hydrogen) atoms. The third-order valence-electron chi connectivity index (χ3n) is 5.09. The van der Waals surface area contributed by atoms with Gasteiger partial charge in [-0.05, 0) is 55.3 Å². The molecule has 0 atom stereocenters. The van der Waals surface area contributed by atoms with Gasteiger partial charge in [0.25, 0.3) is 0 Å². The summed E-state index contributed by atoms with van der Waals surface area (Å²) in [5.41, 5.74) is 1.72. The van der Waals surface area contributed by atoms with E-state index >= 15 is 0 Å². The van der Waals surface area contributed by atoms with Gasteiger partial charge < -0.3 is 4.74 Å². The molecule has 6 nitrogen and oxygen atoms in total. The number of amides is 1. The average molecular weight is 469 g/mol. The lowest BCUT2D eigenvalue weighted by Gasteiger charge is -2.39. The molecule has 0 aliphatic carbocycles. The van der Waals surface area contributed by atoms with Crippen LogP contribution >= 0.6 is 15.9 Å². The molecular weight excluding hydrogens is 451 g/mol.